The van der Waals surface area contributed by atoms with Gasteiger partial charge in [-0.2, -0.15) is 0 Å². The highest BCUT2D eigenvalue weighted by Crippen LogP contribution is 2.14. The van der Waals surface area contributed by atoms with Crippen LogP contribution in [0.1, 0.15) is 11.1 Å². The smallest absolute Gasteiger partial charge is 0.0514 e. The van der Waals surface area contributed by atoms with Crippen molar-refractivity contribution in [3.05, 3.63) is 34.3 Å². The van der Waals surface area contributed by atoms with E-state index in [9.17, 15) is 0 Å². The number of rotatable bonds is 0. The first kappa shape index (κ1) is 6.63. The van der Waals surface area contributed by atoms with Crippen LogP contribution in [0.25, 0.3) is 0 Å². The van der Waals surface area contributed by atoms with Crippen LogP contribution in [0.5, 0.6) is 0 Å². The maximum absolute atomic E-state index is 5.73. The summed E-state index contributed by atoms with van der Waals surface area (Å²) < 4.78 is 0. The molecule has 0 aromatic heterocycles. The molecule has 0 saturated carbocycles. The first-order valence-electron chi connectivity index (χ1n) is 2.84. The highest BCUT2D eigenvalue weighted by Gasteiger charge is 1.91. The Hall–Kier alpha value is -0.490. The molecular weight excluding hydrogens is 132 g/mol. The molecule has 0 bridgehead atoms. The number of benzene rings is 1. The Morgan fingerprint density at radius 3 is 2.56 bits per heavy atom. The van der Waals surface area contributed by atoms with Gasteiger partial charge in [0, 0.05) is 6.07 Å². The van der Waals surface area contributed by atoms with Gasteiger partial charge in [-0.1, -0.05) is 23.2 Å². The van der Waals surface area contributed by atoms with E-state index in [1.54, 1.807) is 0 Å². The SMILES string of the molecule is Cc1c[c]c(Cl)c(C)c1. The summed E-state index contributed by atoms with van der Waals surface area (Å²) >= 11 is 5.73. The summed E-state index contributed by atoms with van der Waals surface area (Å²) in [7, 11) is 0. The van der Waals surface area contributed by atoms with Gasteiger partial charge in [-0.05, 0) is 25.5 Å². The average molecular weight is 140 g/mol. The van der Waals surface area contributed by atoms with Gasteiger partial charge in [-0.25, -0.2) is 0 Å². The van der Waals surface area contributed by atoms with Gasteiger partial charge in [-0.3, -0.25) is 0 Å². The topological polar surface area (TPSA) is 0 Å². The van der Waals surface area contributed by atoms with Gasteiger partial charge in [0.2, 0.25) is 0 Å². The summed E-state index contributed by atoms with van der Waals surface area (Å²) in [5.41, 5.74) is 2.30. The fourth-order valence-electron chi connectivity index (χ4n) is 0.738. The molecule has 1 aromatic carbocycles. The van der Waals surface area contributed by atoms with Crippen molar-refractivity contribution < 1.29 is 0 Å². The third-order valence-electron chi connectivity index (χ3n) is 1.22. The lowest BCUT2D eigenvalue weighted by Crippen LogP contribution is -1.76. The maximum atomic E-state index is 5.73. The van der Waals surface area contributed by atoms with Crippen molar-refractivity contribution in [2.75, 3.05) is 0 Å². The summed E-state index contributed by atoms with van der Waals surface area (Å²) in [4.78, 5) is 0. The normalized spacial score (nSPS) is 9.67. The van der Waals surface area contributed by atoms with Crippen LogP contribution < -0.4 is 0 Å². The molecule has 0 unspecified atom stereocenters. The fourth-order valence-corrected chi connectivity index (χ4v) is 0.847. The average Bonchev–Trinajstić information content (AvgIpc) is 1.80. The van der Waals surface area contributed by atoms with Crippen molar-refractivity contribution in [2.45, 2.75) is 13.8 Å². The standard InChI is InChI=1S/C8H8Cl/c1-6-3-4-8(9)7(2)5-6/h3,5H,1-2H3. The van der Waals surface area contributed by atoms with E-state index < -0.39 is 0 Å². The third kappa shape index (κ3) is 1.46. The zero-order chi connectivity index (χ0) is 6.85. The monoisotopic (exact) mass is 139 g/mol. The lowest BCUT2D eigenvalue weighted by atomic mass is 10.2. The molecule has 0 saturated heterocycles. The van der Waals surface area contributed by atoms with Gasteiger partial charge >= 0.3 is 0 Å². The predicted molar refractivity (Wildman–Crippen MR) is 39.8 cm³/mol. The molecule has 9 heavy (non-hydrogen) atoms. The second-order valence-corrected chi connectivity index (χ2v) is 2.55. The number of hydrogen-bond donors (Lipinski definition) is 0. The molecule has 0 nitrogen and oxygen atoms in total. The largest absolute Gasteiger partial charge is 0.0834 e. The number of halogens is 1. The second-order valence-electron chi connectivity index (χ2n) is 2.17. The molecule has 0 fully saturated rings. The van der Waals surface area contributed by atoms with Gasteiger partial charge in [0.05, 0.1) is 5.02 Å². The van der Waals surface area contributed by atoms with Gasteiger partial charge in [0.1, 0.15) is 0 Å². The van der Waals surface area contributed by atoms with E-state index in [1.165, 1.54) is 5.56 Å². The van der Waals surface area contributed by atoms with Crippen LogP contribution in [0.2, 0.25) is 5.02 Å². The van der Waals surface area contributed by atoms with Crippen molar-refractivity contribution in [1.29, 1.82) is 0 Å². The summed E-state index contributed by atoms with van der Waals surface area (Å²) in [5.74, 6) is 0. The van der Waals surface area contributed by atoms with E-state index in [0.29, 0.717) is 0 Å². The lowest BCUT2D eigenvalue weighted by Gasteiger charge is -1.95. The van der Waals surface area contributed by atoms with Gasteiger partial charge in [0.15, 0.2) is 0 Å². The van der Waals surface area contributed by atoms with Crippen LogP contribution in [0.4, 0.5) is 0 Å². The molecule has 0 amide bonds. The Bertz CT molecular complexity index is 216. The summed E-state index contributed by atoms with van der Waals surface area (Å²) in [5, 5.41) is 0.723. The van der Waals surface area contributed by atoms with Crippen LogP contribution in [0, 0.1) is 19.9 Å². The molecule has 0 heterocycles. The molecule has 0 spiro atoms. The van der Waals surface area contributed by atoms with E-state index in [4.69, 9.17) is 11.6 Å². The molecule has 0 aliphatic carbocycles. The van der Waals surface area contributed by atoms with Crippen LogP contribution in [-0.4, -0.2) is 0 Å². The molecule has 1 rings (SSSR count). The lowest BCUT2D eigenvalue weighted by molar-refractivity contribution is 1.38. The Balaban J connectivity index is 3.17. The van der Waals surface area contributed by atoms with Gasteiger partial charge < -0.3 is 0 Å². The quantitative estimate of drug-likeness (QED) is 0.519. The molecule has 1 aromatic rings. The third-order valence-corrected chi connectivity index (χ3v) is 1.62. The minimum absolute atomic E-state index is 0.723. The highest BCUT2D eigenvalue weighted by molar-refractivity contribution is 6.31. The van der Waals surface area contributed by atoms with E-state index in [2.05, 4.69) is 6.07 Å². The first-order chi connectivity index (χ1) is 4.20. The van der Waals surface area contributed by atoms with Crippen LogP contribution >= 0.6 is 11.6 Å². The number of hydrogen-bond acceptors (Lipinski definition) is 0. The van der Waals surface area contributed by atoms with Crippen LogP contribution in [-0.2, 0) is 0 Å². The maximum Gasteiger partial charge on any atom is 0.0514 e. The minimum atomic E-state index is 0.723. The zero-order valence-electron chi connectivity index (χ0n) is 5.53. The summed E-state index contributed by atoms with van der Waals surface area (Å²) in [6.45, 7) is 4.01. The number of aryl methyl sites for hydroxylation is 2. The van der Waals surface area contributed by atoms with Crippen molar-refractivity contribution in [3.8, 4) is 0 Å². The van der Waals surface area contributed by atoms with E-state index >= 15 is 0 Å². The fraction of sp³-hybridized carbons (Fsp3) is 0.250. The van der Waals surface area contributed by atoms with Crippen molar-refractivity contribution in [2.24, 2.45) is 0 Å². The van der Waals surface area contributed by atoms with E-state index in [-0.39, 0.29) is 0 Å². The Morgan fingerprint density at radius 1 is 1.44 bits per heavy atom. The van der Waals surface area contributed by atoms with Crippen LogP contribution in [0.15, 0.2) is 12.1 Å². The van der Waals surface area contributed by atoms with Gasteiger partial charge in [-0.15, -0.1) is 0 Å². The molecule has 0 aliphatic rings. The van der Waals surface area contributed by atoms with Crippen LogP contribution in [0.3, 0.4) is 0 Å². The van der Waals surface area contributed by atoms with Crippen molar-refractivity contribution in [3.63, 3.8) is 0 Å². The molecule has 0 aliphatic heterocycles. The minimum Gasteiger partial charge on any atom is -0.0834 e. The predicted octanol–water partition coefficient (Wildman–Crippen LogP) is 2.76. The molecule has 1 heteroatoms. The first-order valence-corrected chi connectivity index (χ1v) is 3.22. The Labute approximate surface area is 60.5 Å². The molecule has 47 valence electrons. The Kier molecular flexibility index (Phi) is 1.77. The zero-order valence-corrected chi connectivity index (χ0v) is 6.29. The summed E-state index contributed by atoms with van der Waals surface area (Å²) in [6.07, 6.45) is 0. The summed E-state index contributed by atoms with van der Waals surface area (Å²) in [6, 6.07) is 6.86. The molecule has 0 N–H and O–H groups in total. The van der Waals surface area contributed by atoms with E-state index in [1.807, 2.05) is 26.0 Å². The van der Waals surface area contributed by atoms with E-state index in [0.717, 1.165) is 10.6 Å². The molecule has 1 radical (unpaired) electrons. The van der Waals surface area contributed by atoms with Crippen molar-refractivity contribution in [1.82, 2.24) is 0 Å². The molecule has 0 atom stereocenters. The highest BCUT2D eigenvalue weighted by atomic mass is 35.5. The van der Waals surface area contributed by atoms with Gasteiger partial charge in [0.25, 0.3) is 0 Å². The second kappa shape index (κ2) is 2.40. The Morgan fingerprint density at radius 2 is 2.11 bits per heavy atom. The molecular formula is C8H8Cl. The van der Waals surface area contributed by atoms with Crippen molar-refractivity contribution >= 4 is 11.6 Å².